The number of halogens is 1. The van der Waals surface area contributed by atoms with Gasteiger partial charge >= 0.3 is 0 Å². The van der Waals surface area contributed by atoms with Crippen molar-refractivity contribution in [2.75, 3.05) is 14.2 Å². The SMILES string of the molecule is Br.COC(CCCCCCCCc1cc(P)c(C)c(C)c1C)OC. The summed E-state index contributed by atoms with van der Waals surface area (Å²) in [4.78, 5) is 0. The van der Waals surface area contributed by atoms with Gasteiger partial charge in [0.15, 0.2) is 6.29 Å². The maximum absolute atomic E-state index is 5.21. The Balaban J connectivity index is 0.00000529. The van der Waals surface area contributed by atoms with E-state index in [4.69, 9.17) is 9.47 Å². The molecule has 0 aliphatic rings. The van der Waals surface area contributed by atoms with E-state index >= 15 is 0 Å². The summed E-state index contributed by atoms with van der Waals surface area (Å²) < 4.78 is 10.4. The Hall–Kier alpha value is 0.0500. The predicted octanol–water partition coefficient (Wildman–Crippen LogP) is 5.58. The molecule has 0 bridgehead atoms. The van der Waals surface area contributed by atoms with Gasteiger partial charge in [-0.1, -0.05) is 31.7 Å². The van der Waals surface area contributed by atoms with Crippen molar-refractivity contribution in [1.29, 1.82) is 0 Å². The number of methoxy groups -OCH3 is 2. The first-order valence-electron chi connectivity index (χ1n) is 8.92. The third-order valence-electron chi connectivity index (χ3n) is 5.03. The zero-order chi connectivity index (χ0) is 17.2. The maximum atomic E-state index is 5.21. The maximum Gasteiger partial charge on any atom is 0.156 e. The van der Waals surface area contributed by atoms with Gasteiger partial charge in [-0.15, -0.1) is 26.2 Å². The van der Waals surface area contributed by atoms with Gasteiger partial charge in [0.25, 0.3) is 0 Å². The van der Waals surface area contributed by atoms with Crippen molar-refractivity contribution in [1.82, 2.24) is 0 Å². The molecule has 1 unspecified atom stereocenters. The van der Waals surface area contributed by atoms with Crippen molar-refractivity contribution in [3.05, 3.63) is 28.3 Å². The molecule has 140 valence electrons. The van der Waals surface area contributed by atoms with Crippen LogP contribution in [-0.4, -0.2) is 20.5 Å². The van der Waals surface area contributed by atoms with Crippen LogP contribution in [0.2, 0.25) is 0 Å². The van der Waals surface area contributed by atoms with E-state index in [1.165, 1.54) is 72.5 Å². The largest absolute Gasteiger partial charge is 0.356 e. The highest BCUT2D eigenvalue weighted by atomic mass is 79.9. The standard InChI is InChI=1S/C20H35O2P.BrH/c1-15-16(2)18(14-19(23)17(15)3)12-10-8-6-7-9-11-13-20(21-4)22-5;/h14,20H,6-13,23H2,1-5H3;1H. The number of hydrogen-bond donors (Lipinski definition) is 0. The fraction of sp³-hybridized carbons (Fsp3) is 0.700. The molecular weight excluding hydrogens is 383 g/mol. The molecule has 0 N–H and O–H groups in total. The lowest BCUT2D eigenvalue weighted by atomic mass is 9.95. The first kappa shape index (κ1) is 24.1. The van der Waals surface area contributed by atoms with E-state index in [1.807, 2.05) is 0 Å². The van der Waals surface area contributed by atoms with E-state index < -0.39 is 0 Å². The Morgan fingerprint density at radius 3 is 1.96 bits per heavy atom. The highest BCUT2D eigenvalue weighted by Gasteiger charge is 2.07. The van der Waals surface area contributed by atoms with Crippen molar-refractivity contribution in [2.45, 2.75) is 78.4 Å². The van der Waals surface area contributed by atoms with Crippen LogP contribution in [0.3, 0.4) is 0 Å². The summed E-state index contributed by atoms with van der Waals surface area (Å²) in [6, 6.07) is 2.36. The molecule has 0 fully saturated rings. The van der Waals surface area contributed by atoms with Gasteiger partial charge in [0, 0.05) is 14.2 Å². The Morgan fingerprint density at radius 1 is 0.833 bits per heavy atom. The summed E-state index contributed by atoms with van der Waals surface area (Å²) in [7, 11) is 6.30. The summed E-state index contributed by atoms with van der Waals surface area (Å²) >= 11 is 0. The lowest BCUT2D eigenvalue weighted by molar-refractivity contribution is -0.107. The molecule has 0 saturated carbocycles. The van der Waals surface area contributed by atoms with Crippen molar-refractivity contribution in [3.8, 4) is 0 Å². The minimum Gasteiger partial charge on any atom is -0.356 e. The van der Waals surface area contributed by atoms with Crippen molar-refractivity contribution in [3.63, 3.8) is 0 Å². The summed E-state index contributed by atoms with van der Waals surface area (Å²) in [5, 5.41) is 1.36. The molecule has 1 rings (SSSR count). The van der Waals surface area contributed by atoms with Gasteiger partial charge in [0.05, 0.1) is 0 Å². The van der Waals surface area contributed by atoms with Crippen LogP contribution in [0.5, 0.6) is 0 Å². The molecule has 0 aliphatic carbocycles. The molecule has 1 aromatic rings. The lowest BCUT2D eigenvalue weighted by Crippen LogP contribution is -2.12. The third-order valence-corrected chi connectivity index (χ3v) is 5.63. The van der Waals surface area contributed by atoms with Crippen LogP contribution in [0.1, 0.15) is 67.2 Å². The molecule has 0 amide bonds. The van der Waals surface area contributed by atoms with Crippen LogP contribution < -0.4 is 5.30 Å². The molecule has 0 aliphatic heterocycles. The molecular formula is C20H36BrO2P. The first-order valence-corrected chi connectivity index (χ1v) is 9.49. The third kappa shape index (κ3) is 7.95. The van der Waals surface area contributed by atoms with Gasteiger partial charge in [0.2, 0.25) is 0 Å². The Bertz CT molecular complexity index is 473. The molecule has 24 heavy (non-hydrogen) atoms. The van der Waals surface area contributed by atoms with Crippen LogP contribution >= 0.6 is 26.2 Å². The fourth-order valence-electron chi connectivity index (χ4n) is 3.07. The highest BCUT2D eigenvalue weighted by molar-refractivity contribution is 8.93. The van der Waals surface area contributed by atoms with E-state index in [2.05, 4.69) is 36.1 Å². The smallest absolute Gasteiger partial charge is 0.156 e. The molecule has 0 heterocycles. The van der Waals surface area contributed by atoms with Crippen molar-refractivity contribution >= 4 is 31.5 Å². The van der Waals surface area contributed by atoms with Crippen molar-refractivity contribution in [2.24, 2.45) is 0 Å². The van der Waals surface area contributed by atoms with Gasteiger partial charge in [0.1, 0.15) is 0 Å². The van der Waals surface area contributed by atoms with E-state index in [9.17, 15) is 0 Å². The first-order chi connectivity index (χ1) is 11.0. The van der Waals surface area contributed by atoms with Crippen LogP contribution in [0.4, 0.5) is 0 Å². The van der Waals surface area contributed by atoms with E-state index in [1.54, 1.807) is 14.2 Å². The van der Waals surface area contributed by atoms with Crippen molar-refractivity contribution < 1.29 is 9.47 Å². The number of ether oxygens (including phenoxy) is 2. The summed E-state index contributed by atoms with van der Waals surface area (Å²) in [6.07, 6.45) is 9.95. The Morgan fingerprint density at radius 2 is 1.38 bits per heavy atom. The second-order valence-electron chi connectivity index (χ2n) is 6.56. The fourth-order valence-corrected chi connectivity index (χ4v) is 3.49. The normalized spacial score (nSPS) is 11.0. The summed E-state index contributed by atoms with van der Waals surface area (Å²) in [5.41, 5.74) is 5.89. The van der Waals surface area contributed by atoms with E-state index in [-0.39, 0.29) is 23.3 Å². The Kier molecular flexibility index (Phi) is 13.3. The number of benzene rings is 1. The van der Waals surface area contributed by atoms with Gasteiger partial charge in [-0.2, -0.15) is 0 Å². The number of unbranched alkanes of at least 4 members (excludes halogenated alkanes) is 5. The van der Waals surface area contributed by atoms with Gasteiger partial charge in [-0.3, -0.25) is 0 Å². The monoisotopic (exact) mass is 418 g/mol. The molecule has 0 spiro atoms. The second-order valence-corrected chi connectivity index (χ2v) is 7.18. The van der Waals surface area contributed by atoms with E-state index in [0.717, 1.165) is 6.42 Å². The lowest BCUT2D eigenvalue weighted by Gasteiger charge is -2.14. The van der Waals surface area contributed by atoms with Crippen LogP contribution in [0.15, 0.2) is 6.07 Å². The molecule has 4 heteroatoms. The summed E-state index contributed by atoms with van der Waals surface area (Å²) in [5.74, 6) is 0. The quantitative estimate of drug-likeness (QED) is 0.265. The van der Waals surface area contributed by atoms with Crippen LogP contribution in [0, 0.1) is 20.8 Å². The molecule has 0 radical (unpaired) electrons. The molecule has 1 aromatic carbocycles. The van der Waals surface area contributed by atoms with Gasteiger partial charge < -0.3 is 9.47 Å². The predicted molar refractivity (Wildman–Crippen MR) is 114 cm³/mol. The average molecular weight is 419 g/mol. The summed E-state index contributed by atoms with van der Waals surface area (Å²) in [6.45, 7) is 6.73. The van der Waals surface area contributed by atoms with Gasteiger partial charge in [-0.05, 0) is 74.0 Å². The second kappa shape index (κ2) is 13.3. The number of hydrogen-bond acceptors (Lipinski definition) is 2. The van der Waals surface area contributed by atoms with Crippen LogP contribution in [0.25, 0.3) is 0 Å². The average Bonchev–Trinajstić information content (AvgIpc) is 2.56. The number of rotatable bonds is 11. The topological polar surface area (TPSA) is 18.5 Å². The zero-order valence-corrected chi connectivity index (χ0v) is 19.0. The molecule has 0 aromatic heterocycles. The highest BCUT2D eigenvalue weighted by Crippen LogP contribution is 2.20. The Labute approximate surface area is 162 Å². The van der Waals surface area contributed by atoms with Crippen LogP contribution in [-0.2, 0) is 15.9 Å². The molecule has 0 saturated heterocycles. The zero-order valence-electron chi connectivity index (χ0n) is 16.1. The van der Waals surface area contributed by atoms with Gasteiger partial charge in [-0.25, -0.2) is 0 Å². The molecule has 1 atom stereocenters. The van der Waals surface area contributed by atoms with E-state index in [0.29, 0.717) is 0 Å². The number of aryl methyl sites for hydroxylation is 1. The minimum absolute atomic E-state index is 0. The minimum atomic E-state index is -0.0242. The molecule has 2 nitrogen and oxygen atoms in total.